The van der Waals surface area contributed by atoms with Gasteiger partial charge in [0.2, 0.25) is 0 Å². The first-order chi connectivity index (χ1) is 7.42. The van der Waals surface area contributed by atoms with Gasteiger partial charge in [-0.2, -0.15) is 0 Å². The molecule has 0 aliphatic heterocycles. The van der Waals surface area contributed by atoms with Crippen molar-refractivity contribution in [1.29, 1.82) is 0 Å². The second-order valence-corrected chi connectivity index (χ2v) is 4.93. The van der Waals surface area contributed by atoms with Crippen LogP contribution in [-0.2, 0) is 16.1 Å². The van der Waals surface area contributed by atoms with Crippen molar-refractivity contribution in [1.82, 2.24) is 0 Å². The van der Waals surface area contributed by atoms with E-state index in [1.54, 1.807) is 0 Å². The summed E-state index contributed by atoms with van der Waals surface area (Å²) in [6, 6.07) is 6.01. The average molecular weight is 219 g/mol. The van der Waals surface area contributed by atoms with E-state index in [0.29, 0.717) is 13.1 Å². The highest BCUT2D eigenvalue weighted by molar-refractivity contribution is 6.35. The normalized spacial score (nSPS) is 10.9. The van der Waals surface area contributed by atoms with E-state index >= 15 is 0 Å². The summed E-state index contributed by atoms with van der Waals surface area (Å²) in [5.41, 5.74) is 3.28. The first kappa shape index (κ1) is 12.6. The molecule has 16 heavy (non-hydrogen) atoms. The molecule has 1 N–H and O–H groups in total. The van der Waals surface area contributed by atoms with E-state index in [4.69, 9.17) is 4.74 Å². The zero-order valence-corrected chi connectivity index (χ0v) is 10.3. The molecule has 0 radical (unpaired) electrons. The van der Waals surface area contributed by atoms with E-state index in [1.165, 1.54) is 5.46 Å². The van der Waals surface area contributed by atoms with Gasteiger partial charge in [0.25, 0.3) is 6.47 Å². The molecule has 1 rings (SSSR count). The van der Waals surface area contributed by atoms with Gasteiger partial charge in [0.1, 0.15) is 14.5 Å². The quantitative estimate of drug-likeness (QED) is 0.602. The van der Waals surface area contributed by atoms with Gasteiger partial charge in [-0.1, -0.05) is 17.6 Å². The van der Waals surface area contributed by atoms with Crippen LogP contribution < -0.4 is 10.8 Å². The molecule has 1 aromatic carbocycles. The van der Waals surface area contributed by atoms with Gasteiger partial charge in [-0.3, -0.25) is 4.79 Å². The van der Waals surface area contributed by atoms with Crippen molar-refractivity contribution in [2.45, 2.75) is 32.9 Å². The van der Waals surface area contributed by atoms with Crippen molar-refractivity contribution in [3.05, 3.63) is 23.8 Å². The molecular formula is C12H18BNO2. The minimum Gasteiger partial charge on any atom is -0.463 e. The maximum atomic E-state index is 10.1. The van der Waals surface area contributed by atoms with Crippen LogP contribution in [0.4, 0.5) is 5.69 Å². The summed E-state index contributed by atoms with van der Waals surface area (Å²) < 4.78 is 4.74. The van der Waals surface area contributed by atoms with Crippen LogP contribution in [-0.4, -0.2) is 19.9 Å². The van der Waals surface area contributed by atoms with E-state index in [-0.39, 0.29) is 5.54 Å². The molecule has 0 aliphatic carbocycles. The fourth-order valence-corrected chi connectivity index (χ4v) is 1.43. The number of benzene rings is 1. The highest BCUT2D eigenvalue weighted by Crippen LogP contribution is 2.14. The summed E-state index contributed by atoms with van der Waals surface area (Å²) in [5, 5.41) is 3.42. The predicted octanol–water partition coefficient (Wildman–Crippen LogP) is 0.828. The zero-order valence-electron chi connectivity index (χ0n) is 10.3. The Balaban J connectivity index is 2.86. The van der Waals surface area contributed by atoms with Gasteiger partial charge >= 0.3 is 0 Å². The Morgan fingerprint density at radius 3 is 2.69 bits per heavy atom. The Labute approximate surface area is 97.6 Å². The van der Waals surface area contributed by atoms with Crippen molar-refractivity contribution in [3.63, 3.8) is 0 Å². The van der Waals surface area contributed by atoms with Gasteiger partial charge in [-0.15, -0.1) is 0 Å². The molecule has 0 amide bonds. The largest absolute Gasteiger partial charge is 0.463 e. The highest BCUT2D eigenvalue weighted by Gasteiger charge is 2.11. The van der Waals surface area contributed by atoms with Gasteiger partial charge in [-0.05, 0) is 32.4 Å². The Morgan fingerprint density at radius 2 is 2.12 bits per heavy atom. The molecule has 0 saturated heterocycles. The first-order valence-electron chi connectivity index (χ1n) is 5.35. The Morgan fingerprint density at radius 1 is 1.44 bits per heavy atom. The number of carbonyl (C=O) groups is 1. The molecule has 0 heterocycles. The van der Waals surface area contributed by atoms with Gasteiger partial charge in [-0.25, -0.2) is 0 Å². The Kier molecular flexibility index (Phi) is 3.99. The molecule has 0 fully saturated rings. The number of rotatable bonds is 4. The van der Waals surface area contributed by atoms with Gasteiger partial charge in [0.15, 0.2) is 0 Å². The van der Waals surface area contributed by atoms with Crippen LogP contribution in [0.15, 0.2) is 18.2 Å². The molecule has 0 aliphatic rings. The molecule has 86 valence electrons. The number of ether oxygens (including phenoxy) is 1. The molecule has 3 nitrogen and oxygen atoms in total. The molecule has 0 saturated carbocycles. The third kappa shape index (κ3) is 3.97. The second kappa shape index (κ2) is 5.06. The fourth-order valence-electron chi connectivity index (χ4n) is 1.43. The first-order valence-corrected chi connectivity index (χ1v) is 5.35. The van der Waals surface area contributed by atoms with Crippen LogP contribution in [0.5, 0.6) is 0 Å². The lowest BCUT2D eigenvalue weighted by Crippen LogP contribution is -2.29. The van der Waals surface area contributed by atoms with Gasteiger partial charge in [0, 0.05) is 11.2 Å². The van der Waals surface area contributed by atoms with Crippen molar-refractivity contribution >= 4 is 25.5 Å². The molecule has 1 aromatic rings. The molecule has 0 spiro atoms. The van der Waals surface area contributed by atoms with Crippen molar-refractivity contribution < 1.29 is 9.53 Å². The van der Waals surface area contributed by atoms with Crippen molar-refractivity contribution in [2.24, 2.45) is 0 Å². The highest BCUT2D eigenvalue weighted by atomic mass is 16.5. The number of hydrogen-bond acceptors (Lipinski definition) is 3. The summed E-state index contributed by atoms with van der Waals surface area (Å²) in [5.74, 6) is 0. The summed E-state index contributed by atoms with van der Waals surface area (Å²) >= 11 is 0. The molecular weight excluding hydrogens is 201 g/mol. The fraction of sp³-hybridized carbons (Fsp3) is 0.417. The summed E-state index contributed by atoms with van der Waals surface area (Å²) in [4.78, 5) is 10.1. The zero-order chi connectivity index (χ0) is 12.2. The SMILES string of the molecule is Bc1ccc(COC=O)cc1NC(C)(C)C. The molecule has 0 unspecified atom stereocenters. The van der Waals surface area contributed by atoms with E-state index < -0.39 is 0 Å². The van der Waals surface area contributed by atoms with Crippen LogP contribution in [0.3, 0.4) is 0 Å². The minimum absolute atomic E-state index is 0.0227. The van der Waals surface area contributed by atoms with E-state index in [0.717, 1.165) is 11.3 Å². The number of carbonyl (C=O) groups excluding carboxylic acids is 1. The third-order valence-electron chi connectivity index (χ3n) is 2.13. The van der Waals surface area contributed by atoms with Gasteiger partial charge in [0.05, 0.1) is 0 Å². The van der Waals surface area contributed by atoms with Crippen molar-refractivity contribution in [3.8, 4) is 0 Å². The van der Waals surface area contributed by atoms with Crippen LogP contribution in [0.25, 0.3) is 0 Å². The Bertz CT molecular complexity index is 372. The molecule has 0 aromatic heterocycles. The minimum atomic E-state index is 0.0227. The lowest BCUT2D eigenvalue weighted by Gasteiger charge is -2.24. The van der Waals surface area contributed by atoms with Crippen molar-refractivity contribution in [2.75, 3.05) is 5.32 Å². The lowest BCUT2D eigenvalue weighted by molar-refractivity contribution is -0.129. The average Bonchev–Trinajstić information content (AvgIpc) is 2.17. The van der Waals surface area contributed by atoms with Crippen LogP contribution in [0, 0.1) is 0 Å². The standard InChI is InChI=1S/C12H18BNO2/c1-12(2,3)14-11-6-9(7-16-8-15)4-5-10(11)13/h4-6,8,14H,7,13H2,1-3H3. The second-order valence-electron chi connectivity index (χ2n) is 4.93. The Hall–Kier alpha value is -1.45. The molecule has 4 heteroatoms. The monoisotopic (exact) mass is 219 g/mol. The number of hydrogen-bond donors (Lipinski definition) is 1. The lowest BCUT2D eigenvalue weighted by atomic mass is 9.91. The number of anilines is 1. The third-order valence-corrected chi connectivity index (χ3v) is 2.13. The summed E-state index contributed by atoms with van der Waals surface area (Å²) in [6.07, 6.45) is 0. The maximum Gasteiger partial charge on any atom is 0.293 e. The molecule has 0 bridgehead atoms. The van der Waals surface area contributed by atoms with Crippen LogP contribution in [0.2, 0.25) is 0 Å². The van der Waals surface area contributed by atoms with E-state index in [1.807, 2.05) is 18.2 Å². The predicted molar refractivity (Wildman–Crippen MR) is 68.8 cm³/mol. The summed E-state index contributed by atoms with van der Waals surface area (Å²) in [7, 11) is 2.05. The number of nitrogens with one attached hydrogen (secondary N) is 1. The van der Waals surface area contributed by atoms with E-state index in [9.17, 15) is 4.79 Å². The smallest absolute Gasteiger partial charge is 0.293 e. The van der Waals surface area contributed by atoms with Crippen LogP contribution in [0.1, 0.15) is 26.3 Å². The van der Waals surface area contributed by atoms with E-state index in [2.05, 4.69) is 33.9 Å². The molecule has 0 atom stereocenters. The van der Waals surface area contributed by atoms with Gasteiger partial charge < -0.3 is 10.1 Å². The van der Waals surface area contributed by atoms with Crippen LogP contribution >= 0.6 is 0 Å². The topological polar surface area (TPSA) is 38.3 Å². The maximum absolute atomic E-state index is 10.1. The summed E-state index contributed by atoms with van der Waals surface area (Å²) in [6.45, 7) is 7.13.